The number of Topliss-reactive ketones (excluding diaryl/α,β-unsaturated/α-hetero) is 1. The number of amides is 2. The normalized spacial score (nSPS) is 22.5. The molecular formula is C17H17NO3. The maximum Gasteiger partial charge on any atom is 0.262 e. The Hall–Kier alpha value is -2.23. The van der Waals surface area contributed by atoms with Crippen molar-refractivity contribution in [3.05, 3.63) is 47.0 Å². The third-order valence-corrected chi connectivity index (χ3v) is 4.27. The molecule has 1 aromatic carbocycles. The molecule has 0 saturated heterocycles. The average Bonchev–Trinajstić information content (AvgIpc) is 2.57. The number of rotatable bonds is 1. The molecule has 1 aliphatic carbocycles. The number of hydrogen-bond donors (Lipinski definition) is 0. The first-order valence-corrected chi connectivity index (χ1v) is 7.17. The number of allylic oxidation sites excluding steroid dienone is 1. The minimum Gasteiger partial charge on any atom is -0.297 e. The Morgan fingerprint density at radius 3 is 2.67 bits per heavy atom. The highest BCUT2D eigenvalue weighted by atomic mass is 16.2. The summed E-state index contributed by atoms with van der Waals surface area (Å²) in [6, 6.07) is 4.59. The summed E-state index contributed by atoms with van der Waals surface area (Å²) in [5.41, 5.74) is 2.52. The maximum absolute atomic E-state index is 12.6. The van der Waals surface area contributed by atoms with Crippen molar-refractivity contribution in [3.63, 3.8) is 0 Å². The minimum atomic E-state index is -0.643. The van der Waals surface area contributed by atoms with Gasteiger partial charge in [0.05, 0.1) is 17.2 Å². The van der Waals surface area contributed by atoms with Crippen LogP contribution >= 0.6 is 0 Å². The molecule has 0 N–H and O–H groups in total. The Bertz CT molecular complexity index is 675. The van der Waals surface area contributed by atoms with Crippen LogP contribution in [0.4, 0.5) is 0 Å². The number of hydrogen-bond acceptors (Lipinski definition) is 3. The fourth-order valence-corrected chi connectivity index (χ4v) is 3.19. The second kappa shape index (κ2) is 4.95. The molecule has 3 rings (SSSR count). The van der Waals surface area contributed by atoms with E-state index in [1.165, 1.54) is 4.90 Å². The summed E-state index contributed by atoms with van der Waals surface area (Å²) in [6.45, 7) is 5.68. The van der Waals surface area contributed by atoms with Crippen LogP contribution in [0.25, 0.3) is 0 Å². The molecule has 0 bridgehead atoms. The van der Waals surface area contributed by atoms with Gasteiger partial charge in [-0.3, -0.25) is 19.3 Å². The number of fused-ring (bicyclic) bond motifs is 1. The van der Waals surface area contributed by atoms with Crippen LogP contribution < -0.4 is 0 Å². The molecule has 0 spiro atoms. The number of carbonyl (C=O) groups excluding carboxylic acids is 3. The van der Waals surface area contributed by atoms with Gasteiger partial charge in [0.15, 0.2) is 5.78 Å². The molecule has 1 saturated carbocycles. The van der Waals surface area contributed by atoms with Crippen LogP contribution in [0.1, 0.15) is 52.0 Å². The lowest BCUT2D eigenvalue weighted by Gasteiger charge is -2.23. The Labute approximate surface area is 123 Å². The zero-order valence-electron chi connectivity index (χ0n) is 12.0. The van der Waals surface area contributed by atoms with Gasteiger partial charge in [0.2, 0.25) is 0 Å². The molecule has 21 heavy (non-hydrogen) atoms. The van der Waals surface area contributed by atoms with Crippen molar-refractivity contribution in [1.82, 2.24) is 4.90 Å². The Balaban J connectivity index is 2.00. The van der Waals surface area contributed by atoms with Crippen molar-refractivity contribution in [1.29, 1.82) is 0 Å². The first-order chi connectivity index (χ1) is 10.0. The van der Waals surface area contributed by atoms with E-state index in [-0.39, 0.29) is 24.0 Å². The smallest absolute Gasteiger partial charge is 0.262 e. The van der Waals surface area contributed by atoms with E-state index in [0.717, 1.165) is 24.0 Å². The van der Waals surface area contributed by atoms with Gasteiger partial charge < -0.3 is 0 Å². The molecule has 2 aliphatic rings. The molecule has 108 valence electrons. The Morgan fingerprint density at radius 2 is 1.95 bits per heavy atom. The van der Waals surface area contributed by atoms with Crippen molar-refractivity contribution in [2.24, 2.45) is 0 Å². The molecule has 1 aliphatic heterocycles. The third kappa shape index (κ3) is 2.11. The summed E-state index contributed by atoms with van der Waals surface area (Å²) >= 11 is 0. The topological polar surface area (TPSA) is 54.5 Å². The first-order valence-electron chi connectivity index (χ1n) is 7.17. The second-order valence-corrected chi connectivity index (χ2v) is 5.78. The quantitative estimate of drug-likeness (QED) is 0.452. The maximum atomic E-state index is 12.6. The van der Waals surface area contributed by atoms with Crippen molar-refractivity contribution in [3.8, 4) is 0 Å². The number of aryl methyl sites for hydroxylation is 1. The van der Waals surface area contributed by atoms with E-state index >= 15 is 0 Å². The summed E-state index contributed by atoms with van der Waals surface area (Å²) in [7, 11) is 0. The van der Waals surface area contributed by atoms with Crippen LogP contribution in [-0.4, -0.2) is 28.5 Å². The molecule has 0 aromatic heterocycles. The zero-order valence-corrected chi connectivity index (χ0v) is 12.0. The summed E-state index contributed by atoms with van der Waals surface area (Å²) in [6.07, 6.45) is 2.35. The van der Waals surface area contributed by atoms with Crippen molar-refractivity contribution in [2.45, 2.75) is 38.6 Å². The van der Waals surface area contributed by atoms with Crippen LogP contribution in [0.3, 0.4) is 0 Å². The molecule has 2 amide bonds. The summed E-state index contributed by atoms with van der Waals surface area (Å²) in [5, 5.41) is 0. The van der Waals surface area contributed by atoms with Gasteiger partial charge in [0.25, 0.3) is 11.8 Å². The van der Waals surface area contributed by atoms with E-state index in [0.29, 0.717) is 17.5 Å². The number of ketones is 1. The largest absolute Gasteiger partial charge is 0.297 e. The SMILES string of the molecule is C=C1CCC[C@H](N2C(=O)c3cccc(C)c3C2=O)C(=O)C1. The van der Waals surface area contributed by atoms with Crippen LogP contribution in [0, 0.1) is 6.92 Å². The monoisotopic (exact) mass is 283 g/mol. The van der Waals surface area contributed by atoms with Crippen molar-refractivity contribution < 1.29 is 14.4 Å². The standard InChI is InChI=1S/C17H17NO3/c1-10-5-3-8-13(14(19)9-10)18-16(20)12-7-4-6-11(2)15(12)17(18)21/h4,6-7,13H,1,3,5,8-9H2,2H3/t13-/m0/s1. The first kappa shape index (κ1) is 13.7. The highest BCUT2D eigenvalue weighted by Gasteiger charge is 2.43. The molecule has 1 aromatic rings. The van der Waals surface area contributed by atoms with Crippen molar-refractivity contribution >= 4 is 17.6 Å². The minimum absolute atomic E-state index is 0.0790. The number of imide groups is 1. The summed E-state index contributed by atoms with van der Waals surface area (Å²) < 4.78 is 0. The van der Waals surface area contributed by atoms with Gasteiger partial charge in [-0.1, -0.05) is 24.3 Å². The molecule has 1 fully saturated rings. The van der Waals surface area contributed by atoms with Gasteiger partial charge >= 0.3 is 0 Å². The Kier molecular flexibility index (Phi) is 3.24. The average molecular weight is 283 g/mol. The van der Waals surface area contributed by atoms with E-state index in [9.17, 15) is 14.4 Å². The predicted molar refractivity (Wildman–Crippen MR) is 78.1 cm³/mol. The molecule has 4 heteroatoms. The number of carbonyl (C=O) groups is 3. The fraction of sp³-hybridized carbons (Fsp3) is 0.353. The molecule has 1 heterocycles. The van der Waals surface area contributed by atoms with Gasteiger partial charge in [-0.25, -0.2) is 0 Å². The van der Waals surface area contributed by atoms with Crippen LogP contribution in [0.2, 0.25) is 0 Å². The van der Waals surface area contributed by atoms with E-state index in [2.05, 4.69) is 6.58 Å². The summed E-state index contributed by atoms with van der Waals surface area (Å²) in [5.74, 6) is -0.756. The lowest BCUT2D eigenvalue weighted by molar-refractivity contribution is -0.122. The second-order valence-electron chi connectivity index (χ2n) is 5.78. The van der Waals surface area contributed by atoms with E-state index in [1.54, 1.807) is 12.1 Å². The predicted octanol–water partition coefficient (Wildman–Crippen LogP) is 2.66. The highest BCUT2D eigenvalue weighted by Crippen LogP contribution is 2.31. The van der Waals surface area contributed by atoms with Crippen LogP contribution in [-0.2, 0) is 4.79 Å². The lowest BCUT2D eigenvalue weighted by Crippen LogP contribution is -2.44. The molecule has 0 unspecified atom stereocenters. The van der Waals surface area contributed by atoms with Crippen LogP contribution in [0.5, 0.6) is 0 Å². The van der Waals surface area contributed by atoms with Gasteiger partial charge in [-0.05, 0) is 37.8 Å². The lowest BCUT2D eigenvalue weighted by atomic mass is 10.0. The molecule has 1 atom stereocenters. The third-order valence-electron chi connectivity index (χ3n) is 4.27. The highest BCUT2D eigenvalue weighted by molar-refractivity contribution is 6.23. The van der Waals surface area contributed by atoms with Crippen molar-refractivity contribution in [2.75, 3.05) is 0 Å². The van der Waals surface area contributed by atoms with Gasteiger partial charge in [-0.15, -0.1) is 0 Å². The Morgan fingerprint density at radius 1 is 1.19 bits per heavy atom. The number of nitrogens with zero attached hydrogens (tertiary/aromatic N) is 1. The van der Waals surface area contributed by atoms with Gasteiger partial charge in [-0.2, -0.15) is 0 Å². The zero-order chi connectivity index (χ0) is 15.1. The molecule has 4 nitrogen and oxygen atoms in total. The summed E-state index contributed by atoms with van der Waals surface area (Å²) in [4.78, 5) is 38.6. The molecule has 0 radical (unpaired) electrons. The molecular weight excluding hydrogens is 266 g/mol. The van der Waals surface area contributed by atoms with E-state index in [4.69, 9.17) is 0 Å². The van der Waals surface area contributed by atoms with Gasteiger partial charge in [0, 0.05) is 6.42 Å². The van der Waals surface area contributed by atoms with E-state index in [1.807, 2.05) is 13.0 Å². The number of benzene rings is 1. The fourth-order valence-electron chi connectivity index (χ4n) is 3.19. The van der Waals surface area contributed by atoms with E-state index < -0.39 is 6.04 Å². The van der Waals surface area contributed by atoms with Gasteiger partial charge in [0.1, 0.15) is 0 Å². The van der Waals surface area contributed by atoms with Crippen LogP contribution in [0.15, 0.2) is 30.4 Å².